The number of aliphatic carboxylic acids is 1. The van der Waals surface area contributed by atoms with Crippen molar-refractivity contribution in [3.63, 3.8) is 0 Å². The highest BCUT2D eigenvalue weighted by molar-refractivity contribution is 6.31. The lowest BCUT2D eigenvalue weighted by Gasteiger charge is -2.19. The number of likely N-dealkylation sites (tertiary alicyclic amines) is 1. The van der Waals surface area contributed by atoms with Gasteiger partial charge in [0.25, 0.3) is 0 Å². The third-order valence-corrected chi connectivity index (χ3v) is 4.14. The van der Waals surface area contributed by atoms with E-state index in [4.69, 9.17) is 16.7 Å². The van der Waals surface area contributed by atoms with Crippen molar-refractivity contribution < 1.29 is 27.5 Å². The summed E-state index contributed by atoms with van der Waals surface area (Å²) in [4.78, 5) is 12.3. The van der Waals surface area contributed by atoms with Crippen LogP contribution in [0.25, 0.3) is 0 Å². The molecule has 0 aromatic heterocycles. The van der Waals surface area contributed by atoms with Crippen LogP contribution in [-0.2, 0) is 11.3 Å². The number of carboxylic acids is 1. The van der Waals surface area contributed by atoms with Gasteiger partial charge in [0.2, 0.25) is 0 Å². The molecule has 122 valence electrons. The lowest BCUT2D eigenvalue weighted by atomic mass is 9.96. The first kappa shape index (κ1) is 17.0. The Bertz CT molecular complexity index is 568. The Hall–Kier alpha value is -1.34. The van der Waals surface area contributed by atoms with Gasteiger partial charge in [0, 0.05) is 30.2 Å². The number of hydrogen-bond donors (Lipinski definition) is 1. The van der Waals surface area contributed by atoms with E-state index < -0.39 is 36.3 Å². The van der Waals surface area contributed by atoms with Gasteiger partial charge in [-0.2, -0.15) is 13.2 Å². The van der Waals surface area contributed by atoms with Crippen LogP contribution < -0.4 is 0 Å². The number of carboxylic acid groups (broad SMARTS) is 1. The molecule has 1 saturated heterocycles. The molecule has 22 heavy (non-hydrogen) atoms. The van der Waals surface area contributed by atoms with Crippen LogP contribution in [0.5, 0.6) is 0 Å². The molecule has 1 heterocycles. The van der Waals surface area contributed by atoms with Crippen LogP contribution in [0.15, 0.2) is 12.1 Å². The Morgan fingerprint density at radius 1 is 1.41 bits per heavy atom. The zero-order valence-electron chi connectivity index (χ0n) is 11.6. The molecule has 0 saturated carbocycles. The summed E-state index contributed by atoms with van der Waals surface area (Å²) in [5.41, 5.74) is 0.684. The summed E-state index contributed by atoms with van der Waals surface area (Å²) in [6, 6.07) is 2.76. The van der Waals surface area contributed by atoms with E-state index in [-0.39, 0.29) is 23.7 Å². The molecule has 0 spiro atoms. The van der Waals surface area contributed by atoms with Gasteiger partial charge in [0.1, 0.15) is 5.82 Å². The number of nitrogens with zero attached hydrogens (tertiary/aromatic N) is 1. The van der Waals surface area contributed by atoms with E-state index in [0.717, 1.165) is 0 Å². The normalized spacial score (nSPS) is 23.0. The molecule has 1 fully saturated rings. The molecule has 1 aliphatic heterocycles. The lowest BCUT2D eigenvalue weighted by Crippen LogP contribution is -2.33. The van der Waals surface area contributed by atoms with Crippen LogP contribution in [0.1, 0.15) is 11.1 Å². The van der Waals surface area contributed by atoms with E-state index in [2.05, 4.69) is 0 Å². The Morgan fingerprint density at radius 3 is 2.50 bits per heavy atom. The van der Waals surface area contributed by atoms with Gasteiger partial charge < -0.3 is 5.11 Å². The van der Waals surface area contributed by atoms with Crippen LogP contribution >= 0.6 is 11.6 Å². The van der Waals surface area contributed by atoms with Gasteiger partial charge in [-0.05, 0) is 24.6 Å². The molecule has 8 heteroatoms. The maximum atomic E-state index is 13.9. The third-order valence-electron chi connectivity index (χ3n) is 3.80. The van der Waals surface area contributed by atoms with Crippen molar-refractivity contribution in [2.75, 3.05) is 13.1 Å². The minimum Gasteiger partial charge on any atom is -0.481 e. The van der Waals surface area contributed by atoms with Gasteiger partial charge in [-0.1, -0.05) is 11.6 Å². The highest BCUT2D eigenvalue weighted by atomic mass is 35.5. The topological polar surface area (TPSA) is 40.5 Å². The number of aryl methyl sites for hydroxylation is 1. The number of carbonyl (C=O) groups is 1. The van der Waals surface area contributed by atoms with Gasteiger partial charge in [0.15, 0.2) is 0 Å². The van der Waals surface area contributed by atoms with Crippen molar-refractivity contribution in [2.24, 2.45) is 11.8 Å². The third kappa shape index (κ3) is 3.52. The fourth-order valence-electron chi connectivity index (χ4n) is 2.70. The van der Waals surface area contributed by atoms with Gasteiger partial charge in [-0.25, -0.2) is 4.39 Å². The largest absolute Gasteiger partial charge is 0.481 e. The second kappa shape index (κ2) is 6.04. The standard InChI is InChI=1S/C14H14ClF4NO2/c1-7-2-11(15)9(12(16)3-7)5-20-4-8(13(21)22)10(6-20)14(17,18)19/h2-3,8,10H,4-6H2,1H3,(H,21,22)/t8-,10-/m1/s1. The summed E-state index contributed by atoms with van der Waals surface area (Å²) in [6.45, 7) is 0.726. The predicted molar refractivity (Wildman–Crippen MR) is 72.1 cm³/mol. The molecule has 0 bridgehead atoms. The predicted octanol–water partition coefficient (Wildman–Crippen LogP) is 3.48. The zero-order chi connectivity index (χ0) is 16.7. The summed E-state index contributed by atoms with van der Waals surface area (Å²) in [7, 11) is 0. The molecular weight excluding hydrogens is 326 g/mol. The van der Waals surface area contributed by atoms with E-state index in [1.807, 2.05) is 0 Å². The van der Waals surface area contributed by atoms with Gasteiger partial charge in [-0.15, -0.1) is 0 Å². The van der Waals surface area contributed by atoms with E-state index >= 15 is 0 Å². The van der Waals surface area contributed by atoms with E-state index in [1.54, 1.807) is 6.92 Å². The molecule has 2 rings (SSSR count). The number of alkyl halides is 3. The molecule has 2 atom stereocenters. The SMILES string of the molecule is Cc1cc(F)c(CN2C[C@@H](C(F)(F)F)[C@H](C(=O)O)C2)c(Cl)c1. The molecule has 1 aromatic rings. The molecule has 0 amide bonds. The summed E-state index contributed by atoms with van der Waals surface area (Å²) < 4.78 is 52.6. The Kier molecular flexibility index (Phi) is 4.67. The van der Waals surface area contributed by atoms with Crippen molar-refractivity contribution in [2.45, 2.75) is 19.6 Å². The van der Waals surface area contributed by atoms with E-state index in [0.29, 0.717) is 5.56 Å². The molecule has 0 radical (unpaired) electrons. The molecular formula is C14H14ClF4NO2. The summed E-state index contributed by atoms with van der Waals surface area (Å²) in [6.07, 6.45) is -4.60. The fourth-order valence-corrected chi connectivity index (χ4v) is 3.02. The molecule has 1 N–H and O–H groups in total. The van der Waals surface area contributed by atoms with Crippen LogP contribution in [-0.4, -0.2) is 35.2 Å². The van der Waals surface area contributed by atoms with Crippen molar-refractivity contribution in [3.05, 3.63) is 34.1 Å². The van der Waals surface area contributed by atoms with Crippen molar-refractivity contribution in [3.8, 4) is 0 Å². The van der Waals surface area contributed by atoms with Crippen molar-refractivity contribution in [1.29, 1.82) is 0 Å². The van der Waals surface area contributed by atoms with Crippen LogP contribution in [0.3, 0.4) is 0 Å². The summed E-state index contributed by atoms with van der Waals surface area (Å²) >= 11 is 5.93. The van der Waals surface area contributed by atoms with Crippen LogP contribution in [0.4, 0.5) is 17.6 Å². The first-order valence-electron chi connectivity index (χ1n) is 6.56. The van der Waals surface area contributed by atoms with Crippen LogP contribution in [0, 0.1) is 24.6 Å². The van der Waals surface area contributed by atoms with Gasteiger partial charge in [0.05, 0.1) is 11.8 Å². The Balaban J connectivity index is 2.21. The van der Waals surface area contributed by atoms with Gasteiger partial charge >= 0.3 is 12.1 Å². The first-order chi connectivity index (χ1) is 10.1. The Labute approximate surface area is 129 Å². The molecule has 0 aliphatic carbocycles. The number of hydrogen-bond acceptors (Lipinski definition) is 2. The highest BCUT2D eigenvalue weighted by Gasteiger charge is 2.52. The number of benzene rings is 1. The second-order valence-electron chi connectivity index (χ2n) is 5.49. The lowest BCUT2D eigenvalue weighted by molar-refractivity contribution is -0.188. The number of halogens is 5. The second-order valence-corrected chi connectivity index (χ2v) is 5.90. The van der Waals surface area contributed by atoms with Crippen molar-refractivity contribution in [1.82, 2.24) is 4.90 Å². The Morgan fingerprint density at radius 2 is 2.05 bits per heavy atom. The van der Waals surface area contributed by atoms with Crippen molar-refractivity contribution >= 4 is 17.6 Å². The molecule has 0 unspecified atom stereocenters. The quantitative estimate of drug-likeness (QED) is 0.857. The van der Waals surface area contributed by atoms with Gasteiger partial charge in [-0.3, -0.25) is 9.69 Å². The molecule has 3 nitrogen and oxygen atoms in total. The zero-order valence-corrected chi connectivity index (χ0v) is 12.4. The highest BCUT2D eigenvalue weighted by Crippen LogP contribution is 2.38. The maximum Gasteiger partial charge on any atom is 0.393 e. The van der Waals surface area contributed by atoms with E-state index in [9.17, 15) is 22.4 Å². The molecule has 1 aromatic carbocycles. The first-order valence-corrected chi connectivity index (χ1v) is 6.93. The molecule has 1 aliphatic rings. The minimum absolute atomic E-state index is 0.0826. The average molecular weight is 340 g/mol. The van der Waals surface area contributed by atoms with E-state index in [1.165, 1.54) is 17.0 Å². The summed E-state index contributed by atoms with van der Waals surface area (Å²) in [5, 5.41) is 9.07. The monoisotopic (exact) mass is 339 g/mol. The number of rotatable bonds is 3. The average Bonchev–Trinajstić information content (AvgIpc) is 2.77. The maximum absolute atomic E-state index is 13.9. The smallest absolute Gasteiger partial charge is 0.393 e. The van der Waals surface area contributed by atoms with Crippen LogP contribution in [0.2, 0.25) is 5.02 Å². The minimum atomic E-state index is -4.60. The fraction of sp³-hybridized carbons (Fsp3) is 0.500. The summed E-state index contributed by atoms with van der Waals surface area (Å²) in [5.74, 6) is -5.61.